The maximum atomic E-state index is 12.3. The highest BCUT2D eigenvalue weighted by atomic mass is 16.2. The average Bonchev–Trinajstić information content (AvgIpc) is 2.97. The standard InChI is InChI=1S/C19H28N4O2/c1-4-6-9-14(5-2)12-20-19(25)22-21-18(24)16-13-23(3)17-11-8-7-10-15(16)17/h7-8,10-11,13-14H,4-6,9,12H2,1-3H3,(H,21,24)(H2,20,22,25). The molecule has 1 heterocycles. The van der Waals surface area contributed by atoms with E-state index in [0.717, 1.165) is 30.2 Å². The maximum absolute atomic E-state index is 12.3. The number of carbonyl (C=O) groups excluding carboxylic acids is 2. The lowest BCUT2D eigenvalue weighted by atomic mass is 9.99. The largest absolute Gasteiger partial charge is 0.350 e. The van der Waals surface area contributed by atoms with Crippen LogP contribution in [0.25, 0.3) is 10.9 Å². The Morgan fingerprint density at radius 1 is 1.16 bits per heavy atom. The zero-order chi connectivity index (χ0) is 18.2. The number of nitrogens with zero attached hydrogens (tertiary/aromatic N) is 1. The van der Waals surface area contributed by atoms with Gasteiger partial charge in [0.15, 0.2) is 0 Å². The summed E-state index contributed by atoms with van der Waals surface area (Å²) in [4.78, 5) is 24.2. The first-order valence-electron chi connectivity index (χ1n) is 8.95. The van der Waals surface area contributed by atoms with Crippen LogP contribution in [0.5, 0.6) is 0 Å². The molecule has 0 aliphatic carbocycles. The van der Waals surface area contributed by atoms with Crippen LogP contribution in [-0.2, 0) is 7.05 Å². The van der Waals surface area contributed by atoms with Crippen molar-refractivity contribution in [2.75, 3.05) is 6.54 Å². The van der Waals surface area contributed by atoms with Crippen molar-refractivity contribution in [2.24, 2.45) is 13.0 Å². The van der Waals surface area contributed by atoms with Crippen LogP contribution in [0.15, 0.2) is 30.5 Å². The van der Waals surface area contributed by atoms with E-state index in [1.165, 1.54) is 6.42 Å². The van der Waals surface area contributed by atoms with Crippen LogP contribution in [-0.4, -0.2) is 23.1 Å². The summed E-state index contributed by atoms with van der Waals surface area (Å²) in [6.07, 6.45) is 6.22. The second kappa shape index (κ2) is 9.11. The number of amides is 3. The Hall–Kier alpha value is -2.50. The highest BCUT2D eigenvalue weighted by molar-refractivity contribution is 6.07. The second-order valence-electron chi connectivity index (χ2n) is 6.38. The molecule has 1 unspecified atom stereocenters. The molecule has 1 aromatic heterocycles. The van der Waals surface area contributed by atoms with Crippen molar-refractivity contribution >= 4 is 22.8 Å². The molecule has 0 spiro atoms. The number of hydrazine groups is 1. The van der Waals surface area contributed by atoms with Gasteiger partial charge in [-0.1, -0.05) is 51.3 Å². The lowest BCUT2D eigenvalue weighted by Gasteiger charge is -2.15. The zero-order valence-corrected chi connectivity index (χ0v) is 15.3. The van der Waals surface area contributed by atoms with E-state index in [0.29, 0.717) is 18.0 Å². The first kappa shape index (κ1) is 18.8. The van der Waals surface area contributed by atoms with Crippen LogP contribution in [0.3, 0.4) is 0 Å². The molecule has 25 heavy (non-hydrogen) atoms. The molecule has 2 rings (SSSR count). The van der Waals surface area contributed by atoms with Gasteiger partial charge in [0.05, 0.1) is 5.56 Å². The Labute approximate surface area is 148 Å². The predicted molar refractivity (Wildman–Crippen MR) is 100 cm³/mol. The van der Waals surface area contributed by atoms with Crippen LogP contribution in [0.2, 0.25) is 0 Å². The van der Waals surface area contributed by atoms with Crippen LogP contribution in [0.4, 0.5) is 4.79 Å². The smallest absolute Gasteiger partial charge is 0.333 e. The van der Waals surface area contributed by atoms with Crippen molar-refractivity contribution in [3.05, 3.63) is 36.0 Å². The number of urea groups is 1. The molecular weight excluding hydrogens is 316 g/mol. The third-order valence-corrected chi connectivity index (χ3v) is 4.53. The molecule has 1 atom stereocenters. The SMILES string of the molecule is CCCCC(CC)CNC(=O)NNC(=O)c1cn(C)c2ccccc12. The van der Waals surface area contributed by atoms with Crippen LogP contribution in [0.1, 0.15) is 49.9 Å². The van der Waals surface area contributed by atoms with Crippen LogP contribution >= 0.6 is 0 Å². The zero-order valence-electron chi connectivity index (χ0n) is 15.3. The number of hydrogen-bond donors (Lipinski definition) is 3. The molecule has 2 aromatic rings. The Kier molecular flexibility index (Phi) is 6.86. The van der Waals surface area contributed by atoms with E-state index >= 15 is 0 Å². The number of nitrogens with one attached hydrogen (secondary N) is 3. The molecule has 0 aliphatic heterocycles. The van der Waals surface area contributed by atoms with Crippen molar-refractivity contribution in [2.45, 2.75) is 39.5 Å². The summed E-state index contributed by atoms with van der Waals surface area (Å²) in [6, 6.07) is 7.28. The monoisotopic (exact) mass is 344 g/mol. The summed E-state index contributed by atoms with van der Waals surface area (Å²) in [6.45, 7) is 4.91. The molecule has 0 bridgehead atoms. The first-order valence-corrected chi connectivity index (χ1v) is 8.95. The third kappa shape index (κ3) is 4.98. The average molecular weight is 344 g/mol. The minimum atomic E-state index is -0.386. The van der Waals surface area contributed by atoms with Crippen molar-refractivity contribution in [3.63, 3.8) is 0 Å². The van der Waals surface area contributed by atoms with Crippen LogP contribution in [0, 0.1) is 5.92 Å². The number of aromatic nitrogens is 1. The number of hydrogen-bond acceptors (Lipinski definition) is 2. The molecule has 6 heteroatoms. The number of benzene rings is 1. The molecule has 3 N–H and O–H groups in total. The molecule has 0 aliphatic rings. The van der Waals surface area contributed by atoms with Gasteiger partial charge in [-0.3, -0.25) is 10.2 Å². The van der Waals surface area contributed by atoms with Gasteiger partial charge in [-0.15, -0.1) is 0 Å². The van der Waals surface area contributed by atoms with Crippen molar-refractivity contribution in [1.29, 1.82) is 0 Å². The van der Waals surface area contributed by atoms with Crippen molar-refractivity contribution in [3.8, 4) is 0 Å². The summed E-state index contributed by atoms with van der Waals surface area (Å²) in [5, 5.41) is 3.68. The van der Waals surface area contributed by atoms with Gasteiger partial charge in [-0.05, 0) is 18.4 Å². The molecular formula is C19H28N4O2. The quantitative estimate of drug-likeness (QED) is 0.674. The van der Waals surface area contributed by atoms with Gasteiger partial charge in [0.1, 0.15) is 0 Å². The lowest BCUT2D eigenvalue weighted by Crippen LogP contribution is -2.47. The Bertz CT molecular complexity index is 723. The summed E-state index contributed by atoms with van der Waals surface area (Å²) in [7, 11) is 1.89. The molecule has 3 amide bonds. The number of fused-ring (bicyclic) bond motifs is 1. The van der Waals surface area contributed by atoms with E-state index < -0.39 is 0 Å². The fourth-order valence-corrected chi connectivity index (χ4v) is 2.93. The third-order valence-electron chi connectivity index (χ3n) is 4.53. The van der Waals surface area contributed by atoms with Gasteiger partial charge < -0.3 is 9.88 Å². The number of unbranched alkanes of at least 4 members (excludes halogenated alkanes) is 1. The maximum Gasteiger partial charge on any atom is 0.333 e. The summed E-state index contributed by atoms with van der Waals surface area (Å²) in [5.74, 6) is 0.143. The molecule has 136 valence electrons. The highest BCUT2D eigenvalue weighted by Gasteiger charge is 2.14. The van der Waals surface area contributed by atoms with E-state index in [1.807, 2.05) is 35.9 Å². The van der Waals surface area contributed by atoms with Crippen LogP contribution < -0.4 is 16.2 Å². The van der Waals surface area contributed by atoms with Gasteiger partial charge in [-0.2, -0.15) is 0 Å². The number of aryl methyl sites for hydroxylation is 1. The molecule has 0 fully saturated rings. The molecule has 6 nitrogen and oxygen atoms in total. The fourth-order valence-electron chi connectivity index (χ4n) is 2.93. The first-order chi connectivity index (χ1) is 12.1. The molecule has 0 radical (unpaired) electrons. The van der Waals surface area contributed by atoms with E-state index in [-0.39, 0.29) is 11.9 Å². The van der Waals surface area contributed by atoms with E-state index in [1.54, 1.807) is 6.20 Å². The fraction of sp³-hybridized carbons (Fsp3) is 0.474. The van der Waals surface area contributed by atoms with Gasteiger partial charge in [0.2, 0.25) is 0 Å². The van der Waals surface area contributed by atoms with E-state index in [9.17, 15) is 9.59 Å². The van der Waals surface area contributed by atoms with E-state index in [2.05, 4.69) is 30.0 Å². The minimum Gasteiger partial charge on any atom is -0.350 e. The Balaban J connectivity index is 1.85. The molecule has 1 aromatic carbocycles. The van der Waals surface area contributed by atoms with E-state index in [4.69, 9.17) is 0 Å². The number of para-hydroxylation sites is 1. The summed E-state index contributed by atoms with van der Waals surface area (Å²) >= 11 is 0. The van der Waals surface area contributed by atoms with Gasteiger partial charge >= 0.3 is 6.03 Å². The number of carbonyl (C=O) groups is 2. The van der Waals surface area contributed by atoms with Gasteiger partial charge in [-0.25, -0.2) is 10.2 Å². The topological polar surface area (TPSA) is 75.2 Å². The lowest BCUT2D eigenvalue weighted by molar-refractivity contribution is 0.0937. The highest BCUT2D eigenvalue weighted by Crippen LogP contribution is 2.19. The Morgan fingerprint density at radius 3 is 2.64 bits per heavy atom. The number of rotatable bonds is 7. The summed E-state index contributed by atoms with van der Waals surface area (Å²) in [5.41, 5.74) is 6.41. The van der Waals surface area contributed by atoms with Crippen molar-refractivity contribution in [1.82, 2.24) is 20.7 Å². The molecule has 0 saturated heterocycles. The molecule has 0 saturated carbocycles. The van der Waals surface area contributed by atoms with Gasteiger partial charge in [0, 0.05) is 30.7 Å². The van der Waals surface area contributed by atoms with Crippen molar-refractivity contribution < 1.29 is 9.59 Å². The second-order valence-corrected chi connectivity index (χ2v) is 6.38. The summed E-state index contributed by atoms with van der Waals surface area (Å²) < 4.78 is 1.89. The predicted octanol–water partition coefficient (Wildman–Crippen LogP) is 3.34. The Morgan fingerprint density at radius 2 is 1.92 bits per heavy atom. The van der Waals surface area contributed by atoms with Gasteiger partial charge in [0.25, 0.3) is 5.91 Å². The minimum absolute atomic E-state index is 0.329. The normalized spacial score (nSPS) is 12.0.